The third kappa shape index (κ3) is 9.57. The summed E-state index contributed by atoms with van der Waals surface area (Å²) < 4.78 is 40.4. The maximum atomic E-state index is 14.5. The van der Waals surface area contributed by atoms with Crippen molar-refractivity contribution in [3.8, 4) is 0 Å². The van der Waals surface area contributed by atoms with E-state index in [1.54, 1.807) is 24.3 Å². The number of amides is 2. The molecule has 3 rings (SSSR count). The molecule has 0 saturated heterocycles. The summed E-state index contributed by atoms with van der Waals surface area (Å²) in [6.07, 6.45) is 1.30. The van der Waals surface area contributed by atoms with Gasteiger partial charge in [0, 0.05) is 36.5 Å². The maximum absolute atomic E-state index is 14.5. The molecule has 0 saturated carbocycles. The number of halogens is 2. The zero-order valence-electron chi connectivity index (χ0n) is 23.8. The Kier molecular flexibility index (Phi) is 10.9. The molecule has 41 heavy (non-hydrogen) atoms. The van der Waals surface area contributed by atoms with Crippen molar-refractivity contribution >= 4 is 39.1 Å². The normalized spacial score (nSPS) is 12.4. The lowest BCUT2D eigenvalue weighted by molar-refractivity contribution is -0.142. The van der Waals surface area contributed by atoms with E-state index in [-0.39, 0.29) is 49.9 Å². The molecule has 7 nitrogen and oxygen atoms in total. The average Bonchev–Trinajstić information content (AvgIpc) is 2.89. The molecule has 1 unspecified atom stereocenters. The van der Waals surface area contributed by atoms with Crippen LogP contribution in [0.15, 0.2) is 78.9 Å². The second-order valence-corrected chi connectivity index (χ2v) is 13.3. The van der Waals surface area contributed by atoms with Gasteiger partial charge in [0.15, 0.2) is 0 Å². The summed E-state index contributed by atoms with van der Waals surface area (Å²) >= 11 is 6.46. The van der Waals surface area contributed by atoms with Crippen LogP contribution in [-0.2, 0) is 32.6 Å². The number of anilines is 1. The lowest BCUT2D eigenvalue weighted by Crippen LogP contribution is -2.54. The van der Waals surface area contributed by atoms with Crippen LogP contribution in [0.5, 0.6) is 0 Å². The smallest absolute Gasteiger partial charge is 0.243 e. The zero-order chi connectivity index (χ0) is 30.2. The van der Waals surface area contributed by atoms with E-state index >= 15 is 0 Å². The van der Waals surface area contributed by atoms with E-state index in [1.807, 2.05) is 57.2 Å². The van der Waals surface area contributed by atoms with Crippen molar-refractivity contribution in [2.75, 3.05) is 17.1 Å². The number of benzene rings is 3. The van der Waals surface area contributed by atoms with E-state index in [9.17, 15) is 22.4 Å². The minimum Gasteiger partial charge on any atom is -0.350 e. The number of nitrogens with one attached hydrogen (secondary N) is 1. The second-order valence-electron chi connectivity index (χ2n) is 10.9. The van der Waals surface area contributed by atoms with Crippen molar-refractivity contribution in [3.05, 3.63) is 101 Å². The number of hydrogen-bond donors (Lipinski definition) is 1. The SMILES string of the molecule is CC(C)(C)NC(=O)C(Cc1ccccc1)N(Cc1ccccc1Cl)C(=O)CCCN(c1ccccc1F)S(C)(=O)=O. The van der Waals surface area contributed by atoms with Gasteiger partial charge in [0.2, 0.25) is 21.8 Å². The Morgan fingerprint density at radius 1 is 0.951 bits per heavy atom. The molecule has 3 aromatic carbocycles. The molecule has 0 radical (unpaired) electrons. The number of hydrogen-bond acceptors (Lipinski definition) is 4. The lowest BCUT2D eigenvalue weighted by atomic mass is 10.00. The summed E-state index contributed by atoms with van der Waals surface area (Å²) in [5.41, 5.74) is 0.928. The van der Waals surface area contributed by atoms with E-state index in [0.29, 0.717) is 10.6 Å². The quantitative estimate of drug-likeness (QED) is 0.294. The fraction of sp³-hybridized carbons (Fsp3) is 0.355. The minimum absolute atomic E-state index is 0.0704. The van der Waals surface area contributed by atoms with Gasteiger partial charge in [-0.15, -0.1) is 0 Å². The summed E-state index contributed by atoms with van der Waals surface area (Å²) in [6, 6.07) is 21.3. The molecule has 2 amide bonds. The van der Waals surface area contributed by atoms with Gasteiger partial charge in [-0.3, -0.25) is 13.9 Å². The summed E-state index contributed by atoms with van der Waals surface area (Å²) in [7, 11) is -3.82. The summed E-state index contributed by atoms with van der Waals surface area (Å²) in [4.78, 5) is 29.0. The molecule has 1 atom stereocenters. The van der Waals surface area contributed by atoms with Gasteiger partial charge in [0.25, 0.3) is 0 Å². The number of nitrogens with zero attached hydrogens (tertiary/aromatic N) is 2. The lowest BCUT2D eigenvalue weighted by Gasteiger charge is -2.34. The minimum atomic E-state index is -3.82. The first kappa shape index (κ1) is 32.1. The van der Waals surface area contributed by atoms with Crippen molar-refractivity contribution < 1.29 is 22.4 Å². The molecular formula is C31H37ClFN3O4S. The predicted molar refractivity (Wildman–Crippen MR) is 162 cm³/mol. The number of para-hydroxylation sites is 1. The topological polar surface area (TPSA) is 86.8 Å². The van der Waals surface area contributed by atoms with E-state index in [4.69, 9.17) is 11.6 Å². The van der Waals surface area contributed by atoms with Crippen molar-refractivity contribution in [3.63, 3.8) is 0 Å². The predicted octanol–water partition coefficient (Wildman–Crippen LogP) is 5.58. The highest BCUT2D eigenvalue weighted by Crippen LogP contribution is 2.24. The summed E-state index contributed by atoms with van der Waals surface area (Å²) in [5.74, 6) is -1.34. The molecule has 3 aromatic rings. The van der Waals surface area contributed by atoms with Crippen molar-refractivity contribution in [2.45, 2.75) is 58.2 Å². The number of sulfonamides is 1. The first-order valence-corrected chi connectivity index (χ1v) is 15.6. The first-order chi connectivity index (χ1) is 19.3. The van der Waals surface area contributed by atoms with Crippen LogP contribution in [0.2, 0.25) is 5.02 Å². The standard InChI is InChI=1S/C31H37ClFN3O4S/c1-31(2,3)34-30(38)28(21-23-13-6-5-7-14-23)35(22-24-15-8-9-16-25(24)32)29(37)19-12-20-36(41(4,39)40)27-18-11-10-17-26(27)33/h5-11,13-18,28H,12,19-22H2,1-4H3,(H,34,38). The fourth-order valence-corrected chi connectivity index (χ4v) is 5.62. The molecular weight excluding hydrogens is 565 g/mol. The van der Waals surface area contributed by atoms with Gasteiger partial charge in [-0.05, 0) is 56.5 Å². The van der Waals surface area contributed by atoms with Crippen molar-refractivity contribution in [1.82, 2.24) is 10.2 Å². The Balaban J connectivity index is 1.92. The van der Waals surface area contributed by atoms with Gasteiger partial charge in [-0.2, -0.15) is 0 Å². The van der Waals surface area contributed by atoms with Crippen LogP contribution in [0.4, 0.5) is 10.1 Å². The van der Waals surface area contributed by atoms with Gasteiger partial charge >= 0.3 is 0 Å². The van der Waals surface area contributed by atoms with Gasteiger partial charge in [-0.25, -0.2) is 12.8 Å². The zero-order valence-corrected chi connectivity index (χ0v) is 25.4. The van der Waals surface area contributed by atoms with Crippen LogP contribution in [0.3, 0.4) is 0 Å². The van der Waals surface area contributed by atoms with Gasteiger partial charge in [-0.1, -0.05) is 72.3 Å². The van der Waals surface area contributed by atoms with E-state index in [1.165, 1.54) is 23.1 Å². The van der Waals surface area contributed by atoms with E-state index in [2.05, 4.69) is 5.32 Å². The van der Waals surface area contributed by atoms with Gasteiger partial charge in [0.05, 0.1) is 11.9 Å². The molecule has 0 aromatic heterocycles. The maximum Gasteiger partial charge on any atom is 0.243 e. The van der Waals surface area contributed by atoms with Crippen molar-refractivity contribution in [1.29, 1.82) is 0 Å². The molecule has 0 aliphatic carbocycles. The monoisotopic (exact) mass is 601 g/mol. The Bertz CT molecular complexity index is 1440. The van der Waals surface area contributed by atoms with Crippen LogP contribution in [-0.4, -0.2) is 49.5 Å². The molecule has 10 heteroatoms. The van der Waals surface area contributed by atoms with Crippen LogP contribution in [0.25, 0.3) is 0 Å². The molecule has 1 N–H and O–H groups in total. The van der Waals surface area contributed by atoms with Crippen molar-refractivity contribution in [2.24, 2.45) is 0 Å². The molecule has 0 fully saturated rings. The highest BCUT2D eigenvalue weighted by molar-refractivity contribution is 7.92. The number of carbonyl (C=O) groups is 2. The van der Waals surface area contributed by atoms with Crippen LogP contribution >= 0.6 is 11.6 Å². The fourth-order valence-electron chi connectivity index (χ4n) is 4.45. The molecule has 0 bridgehead atoms. The second kappa shape index (κ2) is 14.0. The third-order valence-corrected chi connectivity index (χ3v) is 7.89. The van der Waals surface area contributed by atoms with Gasteiger partial charge < -0.3 is 10.2 Å². The molecule has 0 heterocycles. The van der Waals surface area contributed by atoms with Crippen LogP contribution < -0.4 is 9.62 Å². The molecule has 0 spiro atoms. The summed E-state index contributed by atoms with van der Waals surface area (Å²) in [5, 5.41) is 3.46. The summed E-state index contributed by atoms with van der Waals surface area (Å²) in [6.45, 7) is 5.58. The molecule has 0 aliphatic rings. The number of carbonyl (C=O) groups excluding carboxylic acids is 2. The Morgan fingerprint density at radius 3 is 2.17 bits per heavy atom. The Labute approximate surface area is 247 Å². The third-order valence-electron chi connectivity index (χ3n) is 6.34. The molecule has 0 aliphatic heterocycles. The molecule has 220 valence electrons. The average molecular weight is 602 g/mol. The van der Waals surface area contributed by atoms with E-state index in [0.717, 1.165) is 16.1 Å². The highest BCUT2D eigenvalue weighted by Gasteiger charge is 2.32. The van der Waals surface area contributed by atoms with E-state index < -0.39 is 27.4 Å². The number of rotatable bonds is 12. The Hall–Kier alpha value is -3.43. The first-order valence-electron chi connectivity index (χ1n) is 13.4. The highest BCUT2D eigenvalue weighted by atomic mass is 35.5. The van der Waals surface area contributed by atoms with Crippen LogP contribution in [0, 0.1) is 5.82 Å². The van der Waals surface area contributed by atoms with Crippen LogP contribution in [0.1, 0.15) is 44.7 Å². The Morgan fingerprint density at radius 2 is 1.56 bits per heavy atom. The largest absolute Gasteiger partial charge is 0.350 e. The van der Waals surface area contributed by atoms with Gasteiger partial charge in [0.1, 0.15) is 11.9 Å².